The van der Waals surface area contributed by atoms with Crippen LogP contribution in [-0.2, 0) is 11.3 Å². The van der Waals surface area contributed by atoms with E-state index in [1.54, 1.807) is 13.3 Å². The van der Waals surface area contributed by atoms with Crippen molar-refractivity contribution in [3.8, 4) is 0 Å². The van der Waals surface area contributed by atoms with Crippen LogP contribution in [0.2, 0.25) is 0 Å². The smallest absolute Gasteiger partial charge is 0.0907 e. The first-order chi connectivity index (χ1) is 10.1. The fourth-order valence-electron chi connectivity index (χ4n) is 2.33. The van der Waals surface area contributed by atoms with E-state index in [9.17, 15) is 0 Å². The molecule has 114 valence electrons. The summed E-state index contributed by atoms with van der Waals surface area (Å²) in [6.45, 7) is 5.20. The molecule has 0 amide bonds. The summed E-state index contributed by atoms with van der Waals surface area (Å²) < 4.78 is 7.92. The summed E-state index contributed by atoms with van der Waals surface area (Å²) >= 11 is 3.55. The lowest BCUT2D eigenvalue weighted by atomic mass is 10.0. The number of hydrazine groups is 1. The summed E-state index contributed by atoms with van der Waals surface area (Å²) in [5, 5.41) is 4.37. The Labute approximate surface area is 132 Å². The molecule has 0 saturated carbocycles. The quantitative estimate of drug-likeness (QED) is 0.612. The molecule has 2 rings (SSSR count). The second-order valence-electron chi connectivity index (χ2n) is 4.82. The maximum atomic E-state index is 5.80. The molecule has 1 unspecified atom stereocenters. The summed E-state index contributed by atoms with van der Waals surface area (Å²) in [5.41, 5.74) is 6.79. The topological polar surface area (TPSA) is 78.0 Å². The molecule has 21 heavy (non-hydrogen) atoms. The van der Waals surface area contributed by atoms with E-state index in [0.29, 0.717) is 13.2 Å². The normalized spacial score (nSPS) is 12.6. The zero-order valence-corrected chi connectivity index (χ0v) is 14.0. The molecular formula is C14H20BrN5O. The molecule has 7 heteroatoms. The van der Waals surface area contributed by atoms with E-state index in [4.69, 9.17) is 10.6 Å². The van der Waals surface area contributed by atoms with Gasteiger partial charge in [-0.1, -0.05) is 6.07 Å². The number of aryl methyl sites for hydroxylation is 2. The maximum Gasteiger partial charge on any atom is 0.0907 e. The molecule has 6 nitrogen and oxygen atoms in total. The van der Waals surface area contributed by atoms with Gasteiger partial charge in [-0.05, 0) is 41.4 Å². The fourth-order valence-corrected chi connectivity index (χ4v) is 2.86. The summed E-state index contributed by atoms with van der Waals surface area (Å²) in [4.78, 5) is 4.51. The monoisotopic (exact) mass is 353 g/mol. The molecule has 0 aromatic carbocycles. The van der Waals surface area contributed by atoms with Gasteiger partial charge in [0.1, 0.15) is 0 Å². The Morgan fingerprint density at radius 3 is 2.81 bits per heavy atom. The molecule has 0 saturated heterocycles. The zero-order chi connectivity index (χ0) is 15.4. The molecule has 2 aromatic rings. The summed E-state index contributed by atoms with van der Waals surface area (Å²) in [6, 6.07) is 3.84. The van der Waals surface area contributed by atoms with Crippen LogP contribution in [0.1, 0.15) is 28.7 Å². The molecule has 0 aliphatic heterocycles. The molecular weight excluding hydrogens is 334 g/mol. The summed E-state index contributed by atoms with van der Waals surface area (Å²) in [7, 11) is 1.67. The Morgan fingerprint density at radius 2 is 2.19 bits per heavy atom. The lowest BCUT2D eigenvalue weighted by Crippen LogP contribution is -2.32. The van der Waals surface area contributed by atoms with Crippen molar-refractivity contribution >= 4 is 15.9 Å². The predicted molar refractivity (Wildman–Crippen MR) is 84.7 cm³/mol. The number of ether oxygens (including phenoxy) is 1. The van der Waals surface area contributed by atoms with Crippen LogP contribution < -0.4 is 11.3 Å². The van der Waals surface area contributed by atoms with Crippen LogP contribution in [0.5, 0.6) is 0 Å². The van der Waals surface area contributed by atoms with E-state index in [-0.39, 0.29) is 6.04 Å². The number of nitrogens with two attached hydrogens (primary N) is 1. The van der Waals surface area contributed by atoms with Crippen LogP contribution in [0.25, 0.3) is 0 Å². The third-order valence-electron chi connectivity index (χ3n) is 3.36. The van der Waals surface area contributed by atoms with Gasteiger partial charge in [0.15, 0.2) is 0 Å². The van der Waals surface area contributed by atoms with Crippen LogP contribution >= 0.6 is 15.9 Å². The molecule has 0 radical (unpaired) electrons. The van der Waals surface area contributed by atoms with Crippen molar-refractivity contribution in [2.75, 3.05) is 13.7 Å². The van der Waals surface area contributed by atoms with Gasteiger partial charge in [-0.25, -0.2) is 5.43 Å². The van der Waals surface area contributed by atoms with Crippen LogP contribution in [-0.4, -0.2) is 28.5 Å². The van der Waals surface area contributed by atoms with E-state index in [1.165, 1.54) is 0 Å². The van der Waals surface area contributed by atoms with Crippen LogP contribution in [0, 0.1) is 13.8 Å². The first kappa shape index (κ1) is 16.1. The van der Waals surface area contributed by atoms with Gasteiger partial charge < -0.3 is 4.74 Å². The maximum absolute atomic E-state index is 5.80. The van der Waals surface area contributed by atoms with Crippen molar-refractivity contribution in [2.45, 2.75) is 26.4 Å². The highest BCUT2D eigenvalue weighted by Crippen LogP contribution is 2.29. The van der Waals surface area contributed by atoms with Crippen molar-refractivity contribution in [1.29, 1.82) is 0 Å². The minimum Gasteiger partial charge on any atom is -0.383 e. The average molecular weight is 354 g/mol. The van der Waals surface area contributed by atoms with Gasteiger partial charge >= 0.3 is 0 Å². The number of methoxy groups -OCH3 is 1. The summed E-state index contributed by atoms with van der Waals surface area (Å²) in [5.74, 6) is 5.80. The number of nitrogens with zero attached hydrogens (tertiary/aromatic N) is 3. The van der Waals surface area contributed by atoms with Gasteiger partial charge in [-0.15, -0.1) is 0 Å². The Hall–Kier alpha value is -1.28. The highest BCUT2D eigenvalue weighted by Gasteiger charge is 2.22. The van der Waals surface area contributed by atoms with Crippen molar-refractivity contribution < 1.29 is 4.74 Å². The van der Waals surface area contributed by atoms with Crippen molar-refractivity contribution in [3.05, 3.63) is 45.4 Å². The van der Waals surface area contributed by atoms with Crippen molar-refractivity contribution in [2.24, 2.45) is 5.84 Å². The summed E-state index contributed by atoms with van der Waals surface area (Å²) in [6.07, 6.45) is 1.77. The molecule has 0 aliphatic rings. The van der Waals surface area contributed by atoms with Crippen LogP contribution in [0.3, 0.4) is 0 Å². The number of hydrogen-bond donors (Lipinski definition) is 2. The third-order valence-corrected chi connectivity index (χ3v) is 3.97. The molecule has 3 N–H and O–H groups in total. The number of rotatable bonds is 6. The van der Waals surface area contributed by atoms with E-state index in [0.717, 1.165) is 27.1 Å². The molecule has 0 fully saturated rings. The van der Waals surface area contributed by atoms with Gasteiger partial charge in [0, 0.05) is 18.5 Å². The fraction of sp³-hybridized carbons (Fsp3) is 0.429. The highest BCUT2D eigenvalue weighted by molar-refractivity contribution is 9.10. The Bertz CT molecular complexity index is 613. The van der Waals surface area contributed by atoms with Gasteiger partial charge in [0.2, 0.25) is 0 Å². The predicted octanol–water partition coefficient (Wildman–Crippen LogP) is 1.86. The third kappa shape index (κ3) is 3.49. The van der Waals surface area contributed by atoms with Gasteiger partial charge in [-0.2, -0.15) is 5.10 Å². The number of halogens is 1. The number of aromatic nitrogens is 3. The molecule has 0 aliphatic carbocycles. The molecule has 2 heterocycles. The van der Waals surface area contributed by atoms with Crippen LogP contribution in [0.15, 0.2) is 22.8 Å². The second kappa shape index (κ2) is 7.13. The SMILES string of the molecule is COCCn1ncc(Br)c1C(NN)c1ccc(C)nc1C. The minimum atomic E-state index is -0.188. The Morgan fingerprint density at radius 1 is 1.43 bits per heavy atom. The minimum absolute atomic E-state index is 0.188. The van der Waals surface area contributed by atoms with Crippen LogP contribution in [0.4, 0.5) is 0 Å². The first-order valence-corrected chi connectivity index (χ1v) is 7.48. The average Bonchev–Trinajstić information content (AvgIpc) is 2.81. The van der Waals surface area contributed by atoms with Gasteiger partial charge in [-0.3, -0.25) is 15.5 Å². The molecule has 0 bridgehead atoms. The number of pyridine rings is 1. The molecule has 2 aromatic heterocycles. The Balaban J connectivity index is 2.43. The molecule has 1 atom stereocenters. The lowest BCUT2D eigenvalue weighted by molar-refractivity contribution is 0.182. The van der Waals surface area contributed by atoms with Gasteiger partial charge in [0.05, 0.1) is 35.6 Å². The van der Waals surface area contributed by atoms with Crippen molar-refractivity contribution in [3.63, 3.8) is 0 Å². The number of hydrogen-bond acceptors (Lipinski definition) is 5. The zero-order valence-electron chi connectivity index (χ0n) is 12.4. The van der Waals surface area contributed by atoms with E-state index in [1.807, 2.05) is 30.7 Å². The lowest BCUT2D eigenvalue weighted by Gasteiger charge is -2.20. The molecule has 0 spiro atoms. The Kier molecular flexibility index (Phi) is 5.46. The van der Waals surface area contributed by atoms with Gasteiger partial charge in [0.25, 0.3) is 0 Å². The van der Waals surface area contributed by atoms with E-state index >= 15 is 0 Å². The highest BCUT2D eigenvalue weighted by atomic mass is 79.9. The largest absolute Gasteiger partial charge is 0.383 e. The standard InChI is InChI=1S/C14H20BrN5O/c1-9-4-5-11(10(2)18-9)13(19-16)14-12(15)8-17-20(14)6-7-21-3/h4-5,8,13,19H,6-7,16H2,1-3H3. The second-order valence-corrected chi connectivity index (χ2v) is 5.67. The van der Waals surface area contributed by atoms with E-state index in [2.05, 4.69) is 31.4 Å². The number of nitrogens with one attached hydrogen (secondary N) is 1. The van der Waals surface area contributed by atoms with E-state index < -0.39 is 0 Å². The van der Waals surface area contributed by atoms with Crippen molar-refractivity contribution in [1.82, 2.24) is 20.2 Å². The first-order valence-electron chi connectivity index (χ1n) is 6.69.